The molecule has 1 atom stereocenters. The molecule has 1 fully saturated rings. The second-order valence-electron chi connectivity index (χ2n) is 4.96. The molecule has 1 aromatic carbocycles. The molecule has 0 bridgehead atoms. The molecule has 1 aliphatic rings. The number of rotatable bonds is 4. The van der Waals surface area contributed by atoms with Gasteiger partial charge in [-0.1, -0.05) is 12.1 Å². The van der Waals surface area contributed by atoms with Crippen LogP contribution in [0.5, 0.6) is 0 Å². The zero-order valence-corrected chi connectivity index (χ0v) is 11.1. The quantitative estimate of drug-likeness (QED) is 0.761. The van der Waals surface area contributed by atoms with Crippen molar-refractivity contribution in [2.75, 3.05) is 20.2 Å². The van der Waals surface area contributed by atoms with Crippen molar-refractivity contribution in [3.63, 3.8) is 0 Å². The van der Waals surface area contributed by atoms with Gasteiger partial charge in [-0.15, -0.1) is 0 Å². The van der Waals surface area contributed by atoms with Crippen molar-refractivity contribution in [2.24, 2.45) is 0 Å². The molecule has 104 valence electrons. The van der Waals surface area contributed by atoms with E-state index in [1.807, 2.05) is 0 Å². The van der Waals surface area contributed by atoms with Crippen LogP contribution in [0.1, 0.15) is 18.4 Å². The van der Waals surface area contributed by atoms with E-state index in [1.54, 1.807) is 19.2 Å². The number of hydrogen-bond donors (Lipinski definition) is 2. The van der Waals surface area contributed by atoms with Gasteiger partial charge in [-0.25, -0.2) is 4.39 Å². The Kier molecular flexibility index (Phi) is 4.93. The number of halogens is 1. The first-order chi connectivity index (χ1) is 9.10. The molecule has 2 N–H and O–H groups in total. The van der Waals surface area contributed by atoms with E-state index in [-0.39, 0.29) is 11.6 Å². The van der Waals surface area contributed by atoms with Crippen molar-refractivity contribution in [3.05, 3.63) is 29.6 Å². The highest BCUT2D eigenvalue weighted by Crippen LogP contribution is 2.16. The van der Waals surface area contributed by atoms with E-state index in [4.69, 9.17) is 14.8 Å². The van der Waals surface area contributed by atoms with E-state index in [2.05, 4.69) is 4.90 Å². The van der Waals surface area contributed by atoms with E-state index < -0.39 is 12.9 Å². The lowest BCUT2D eigenvalue weighted by atomic mass is 9.80. The standard InChI is InChI=1S/C13H19BFNO3/c1-19-12-3-2-6-16(9-12)8-10-4-5-11(14(17)18)7-13(10)15/h4-5,7,12,17-18H,2-3,6,8-9H2,1H3. The van der Waals surface area contributed by atoms with E-state index in [9.17, 15) is 4.39 Å². The van der Waals surface area contributed by atoms with Gasteiger partial charge in [0.2, 0.25) is 0 Å². The summed E-state index contributed by atoms with van der Waals surface area (Å²) < 4.78 is 19.2. The van der Waals surface area contributed by atoms with Crippen molar-refractivity contribution in [2.45, 2.75) is 25.5 Å². The summed E-state index contributed by atoms with van der Waals surface area (Å²) in [6, 6.07) is 4.33. The molecule has 1 aromatic rings. The van der Waals surface area contributed by atoms with E-state index >= 15 is 0 Å². The fourth-order valence-electron chi connectivity index (χ4n) is 2.44. The highest BCUT2D eigenvalue weighted by Gasteiger charge is 2.21. The predicted octanol–water partition coefficient (Wildman–Crippen LogP) is 0.116. The first-order valence-corrected chi connectivity index (χ1v) is 6.49. The normalized spacial score (nSPS) is 20.5. The van der Waals surface area contributed by atoms with E-state index in [0.29, 0.717) is 12.1 Å². The van der Waals surface area contributed by atoms with Crippen molar-refractivity contribution in [1.82, 2.24) is 4.90 Å². The maximum absolute atomic E-state index is 13.9. The summed E-state index contributed by atoms with van der Waals surface area (Å²) in [4.78, 5) is 2.16. The zero-order valence-electron chi connectivity index (χ0n) is 11.1. The van der Waals surface area contributed by atoms with Gasteiger partial charge in [0, 0.05) is 25.8 Å². The van der Waals surface area contributed by atoms with Crippen LogP contribution in [0.15, 0.2) is 18.2 Å². The molecule has 0 aliphatic carbocycles. The summed E-state index contributed by atoms with van der Waals surface area (Å²) in [5, 5.41) is 18.0. The van der Waals surface area contributed by atoms with Gasteiger partial charge in [-0.3, -0.25) is 4.90 Å². The second kappa shape index (κ2) is 6.48. The average molecular weight is 267 g/mol. The molecule has 1 aliphatic heterocycles. The molecule has 6 heteroatoms. The van der Waals surface area contributed by atoms with Crippen LogP contribution in [-0.4, -0.2) is 48.4 Å². The highest BCUT2D eigenvalue weighted by molar-refractivity contribution is 6.58. The Hall–Kier alpha value is -0.945. The van der Waals surface area contributed by atoms with Crippen molar-refractivity contribution in [1.29, 1.82) is 0 Å². The summed E-state index contributed by atoms with van der Waals surface area (Å²) in [5.74, 6) is -0.398. The van der Waals surface area contributed by atoms with Gasteiger partial charge in [0.1, 0.15) is 5.82 Å². The molecule has 0 amide bonds. The van der Waals surface area contributed by atoms with Crippen LogP contribution in [0.2, 0.25) is 0 Å². The monoisotopic (exact) mass is 267 g/mol. The molecular formula is C13H19BFNO3. The van der Waals surface area contributed by atoms with E-state index in [1.165, 1.54) is 6.07 Å². The Balaban J connectivity index is 2.02. The molecule has 4 nitrogen and oxygen atoms in total. The smallest absolute Gasteiger partial charge is 0.423 e. The Morgan fingerprint density at radius 3 is 2.89 bits per heavy atom. The number of benzene rings is 1. The summed E-state index contributed by atoms with van der Waals surface area (Å²) in [7, 11) is 0.0723. The summed E-state index contributed by atoms with van der Waals surface area (Å²) in [5.41, 5.74) is 0.746. The minimum atomic E-state index is -1.63. The Morgan fingerprint density at radius 1 is 1.47 bits per heavy atom. The topological polar surface area (TPSA) is 52.9 Å². The van der Waals surface area contributed by atoms with Crippen molar-refractivity contribution >= 4 is 12.6 Å². The average Bonchev–Trinajstić information content (AvgIpc) is 2.41. The summed E-state index contributed by atoms with van der Waals surface area (Å²) in [6.07, 6.45) is 2.31. The van der Waals surface area contributed by atoms with Crippen LogP contribution in [0.4, 0.5) is 4.39 Å². The molecule has 1 saturated heterocycles. The van der Waals surface area contributed by atoms with Gasteiger partial charge in [-0.2, -0.15) is 0 Å². The number of ether oxygens (including phenoxy) is 1. The minimum absolute atomic E-state index is 0.176. The molecule has 0 spiro atoms. The number of hydrogen-bond acceptors (Lipinski definition) is 4. The molecule has 0 saturated carbocycles. The van der Waals surface area contributed by atoms with Gasteiger partial charge in [-0.05, 0) is 30.9 Å². The summed E-state index contributed by atoms with van der Waals surface area (Å²) >= 11 is 0. The van der Waals surface area contributed by atoms with Gasteiger partial charge >= 0.3 is 7.12 Å². The molecular weight excluding hydrogens is 248 g/mol. The van der Waals surface area contributed by atoms with Crippen LogP contribution in [-0.2, 0) is 11.3 Å². The van der Waals surface area contributed by atoms with Crippen LogP contribution in [0, 0.1) is 5.82 Å². The number of nitrogens with zero attached hydrogens (tertiary/aromatic N) is 1. The van der Waals surface area contributed by atoms with Crippen LogP contribution in [0.25, 0.3) is 0 Å². The number of methoxy groups -OCH3 is 1. The molecule has 1 heterocycles. The van der Waals surface area contributed by atoms with Gasteiger partial charge in [0.15, 0.2) is 0 Å². The first-order valence-electron chi connectivity index (χ1n) is 6.49. The zero-order chi connectivity index (χ0) is 13.8. The predicted molar refractivity (Wildman–Crippen MR) is 71.5 cm³/mol. The third-order valence-corrected chi connectivity index (χ3v) is 3.56. The second-order valence-corrected chi connectivity index (χ2v) is 4.96. The molecule has 0 radical (unpaired) electrons. The Bertz CT molecular complexity index is 430. The van der Waals surface area contributed by atoms with Gasteiger partial charge < -0.3 is 14.8 Å². The number of piperidine rings is 1. The molecule has 2 rings (SSSR count). The number of likely N-dealkylation sites (tertiary alicyclic amines) is 1. The van der Waals surface area contributed by atoms with Crippen LogP contribution >= 0.6 is 0 Å². The lowest BCUT2D eigenvalue weighted by molar-refractivity contribution is 0.0282. The Morgan fingerprint density at radius 2 is 2.26 bits per heavy atom. The first kappa shape index (κ1) is 14.5. The molecule has 1 unspecified atom stereocenters. The fraction of sp³-hybridized carbons (Fsp3) is 0.538. The van der Waals surface area contributed by atoms with Crippen LogP contribution in [0.3, 0.4) is 0 Å². The fourth-order valence-corrected chi connectivity index (χ4v) is 2.44. The Labute approximate surface area is 113 Å². The third kappa shape index (κ3) is 3.76. The van der Waals surface area contributed by atoms with Gasteiger partial charge in [0.05, 0.1) is 6.10 Å². The van der Waals surface area contributed by atoms with E-state index in [0.717, 1.165) is 25.9 Å². The lowest BCUT2D eigenvalue weighted by Crippen LogP contribution is -2.39. The van der Waals surface area contributed by atoms with Crippen molar-refractivity contribution in [3.8, 4) is 0 Å². The SMILES string of the molecule is COC1CCCN(Cc2ccc(B(O)O)cc2F)C1. The largest absolute Gasteiger partial charge is 0.488 e. The van der Waals surface area contributed by atoms with Gasteiger partial charge in [0.25, 0.3) is 0 Å². The maximum Gasteiger partial charge on any atom is 0.488 e. The molecule has 19 heavy (non-hydrogen) atoms. The minimum Gasteiger partial charge on any atom is -0.423 e. The molecule has 0 aromatic heterocycles. The van der Waals surface area contributed by atoms with Crippen LogP contribution < -0.4 is 5.46 Å². The maximum atomic E-state index is 13.9. The lowest BCUT2D eigenvalue weighted by Gasteiger charge is -2.31. The highest BCUT2D eigenvalue weighted by atomic mass is 19.1. The summed E-state index contributed by atoms with van der Waals surface area (Å²) in [6.45, 7) is 2.26. The van der Waals surface area contributed by atoms with Crippen molar-refractivity contribution < 1.29 is 19.2 Å². The third-order valence-electron chi connectivity index (χ3n) is 3.56.